The molecule has 0 spiro atoms. The quantitative estimate of drug-likeness (QED) is 0.827. The molecule has 1 aliphatic heterocycles. The first kappa shape index (κ1) is 18.9. The molecule has 2 rings (SSSR count). The van der Waals surface area contributed by atoms with Crippen molar-refractivity contribution in [1.29, 1.82) is 0 Å². The van der Waals surface area contributed by atoms with Gasteiger partial charge in [-0.15, -0.1) is 0 Å². The van der Waals surface area contributed by atoms with E-state index in [-0.39, 0.29) is 31.8 Å². The number of carbonyl (C=O) groups excluding carboxylic acids is 3. The van der Waals surface area contributed by atoms with E-state index in [4.69, 9.17) is 10.5 Å². The molecular formula is C18H25N3O4. The molecule has 7 nitrogen and oxygen atoms in total. The predicted molar refractivity (Wildman–Crippen MR) is 91.8 cm³/mol. The highest BCUT2D eigenvalue weighted by Gasteiger charge is 2.35. The molecule has 0 saturated carbocycles. The normalized spacial score (nSPS) is 19.0. The van der Waals surface area contributed by atoms with Crippen molar-refractivity contribution in [1.82, 2.24) is 10.0 Å². The second-order valence-corrected chi connectivity index (χ2v) is 7.06. The number of benzene rings is 1. The monoisotopic (exact) mass is 347 g/mol. The molecule has 0 aromatic heterocycles. The second kappa shape index (κ2) is 7.65. The molecule has 1 heterocycles. The Morgan fingerprint density at radius 1 is 1.20 bits per heavy atom. The first-order valence-corrected chi connectivity index (χ1v) is 8.30. The van der Waals surface area contributed by atoms with E-state index in [1.807, 2.05) is 30.3 Å². The summed E-state index contributed by atoms with van der Waals surface area (Å²) >= 11 is 0. The van der Waals surface area contributed by atoms with E-state index in [9.17, 15) is 14.4 Å². The molecule has 0 aliphatic carbocycles. The van der Waals surface area contributed by atoms with Crippen LogP contribution in [0.5, 0.6) is 0 Å². The van der Waals surface area contributed by atoms with Gasteiger partial charge in [-0.05, 0) is 32.8 Å². The lowest BCUT2D eigenvalue weighted by molar-refractivity contribution is -0.174. The Morgan fingerprint density at radius 3 is 2.44 bits per heavy atom. The fourth-order valence-electron chi connectivity index (χ4n) is 2.57. The molecule has 136 valence electrons. The van der Waals surface area contributed by atoms with E-state index >= 15 is 0 Å². The molecule has 7 heteroatoms. The number of rotatable bonds is 4. The summed E-state index contributed by atoms with van der Waals surface area (Å²) in [4.78, 5) is 37.3. The Balaban J connectivity index is 2.24. The molecule has 2 N–H and O–H groups in total. The van der Waals surface area contributed by atoms with Crippen LogP contribution >= 0.6 is 0 Å². The van der Waals surface area contributed by atoms with Crippen molar-refractivity contribution in [2.75, 3.05) is 6.54 Å². The Labute approximate surface area is 147 Å². The van der Waals surface area contributed by atoms with Gasteiger partial charge in [-0.3, -0.25) is 14.4 Å². The third kappa shape index (κ3) is 5.29. The second-order valence-electron chi connectivity index (χ2n) is 7.06. The van der Waals surface area contributed by atoms with Crippen molar-refractivity contribution in [2.24, 2.45) is 5.73 Å². The van der Waals surface area contributed by atoms with Gasteiger partial charge >= 0.3 is 5.97 Å². The molecule has 1 fully saturated rings. The zero-order valence-corrected chi connectivity index (χ0v) is 14.9. The average molecular weight is 347 g/mol. The van der Waals surface area contributed by atoms with Crippen molar-refractivity contribution in [3.8, 4) is 0 Å². The number of carbonyl (C=O) groups is 3. The topological polar surface area (TPSA) is 92.9 Å². The van der Waals surface area contributed by atoms with E-state index in [0.717, 1.165) is 10.6 Å². The highest BCUT2D eigenvalue weighted by Crippen LogP contribution is 2.18. The maximum atomic E-state index is 12.6. The highest BCUT2D eigenvalue weighted by atomic mass is 16.6. The Kier molecular flexibility index (Phi) is 5.79. The number of hydrazine groups is 1. The summed E-state index contributed by atoms with van der Waals surface area (Å²) in [6.45, 7) is 5.08. The van der Waals surface area contributed by atoms with Crippen LogP contribution in [-0.4, -0.2) is 46.0 Å². The van der Waals surface area contributed by atoms with Crippen molar-refractivity contribution >= 4 is 17.8 Å². The van der Waals surface area contributed by atoms with Gasteiger partial charge in [0, 0.05) is 6.42 Å². The van der Waals surface area contributed by atoms with Crippen LogP contribution in [0.4, 0.5) is 0 Å². The van der Waals surface area contributed by atoms with E-state index in [2.05, 4.69) is 0 Å². The van der Waals surface area contributed by atoms with E-state index < -0.39 is 23.5 Å². The molecule has 0 bridgehead atoms. The third-order valence-electron chi connectivity index (χ3n) is 3.69. The summed E-state index contributed by atoms with van der Waals surface area (Å²) in [6, 6.07) is 8.47. The standard InChI is InChI=1S/C18H25N3O4/c1-18(2,3)25-16(23)12-21-17(24)14(19)9-10-15(22)20(21)11-13-7-5-4-6-8-13/h4-8,14H,9-12,19H2,1-3H3. The number of hydrogen-bond acceptors (Lipinski definition) is 5. The van der Waals surface area contributed by atoms with Crippen LogP contribution in [0.15, 0.2) is 30.3 Å². The van der Waals surface area contributed by atoms with Gasteiger partial charge in [0.15, 0.2) is 0 Å². The minimum Gasteiger partial charge on any atom is -0.459 e. The van der Waals surface area contributed by atoms with Crippen LogP contribution in [0.3, 0.4) is 0 Å². The minimum absolute atomic E-state index is 0.157. The fourth-order valence-corrected chi connectivity index (χ4v) is 2.57. The zero-order valence-electron chi connectivity index (χ0n) is 14.9. The lowest BCUT2D eigenvalue weighted by Gasteiger charge is -2.34. The van der Waals surface area contributed by atoms with Gasteiger partial charge in [0.05, 0.1) is 12.6 Å². The first-order chi connectivity index (χ1) is 11.7. The fraction of sp³-hybridized carbons (Fsp3) is 0.500. The minimum atomic E-state index is -0.813. The SMILES string of the molecule is CC(C)(C)OC(=O)CN1C(=O)C(N)CCC(=O)N1Cc1ccccc1. The van der Waals surface area contributed by atoms with Gasteiger partial charge in [-0.25, -0.2) is 10.0 Å². The van der Waals surface area contributed by atoms with Gasteiger partial charge in [0.25, 0.3) is 5.91 Å². The number of nitrogens with two attached hydrogens (primary N) is 1. The molecule has 0 radical (unpaired) electrons. The summed E-state index contributed by atoms with van der Waals surface area (Å²) in [6.07, 6.45) is 0.415. The van der Waals surface area contributed by atoms with Crippen molar-refractivity contribution < 1.29 is 19.1 Å². The van der Waals surface area contributed by atoms with Crippen LogP contribution < -0.4 is 5.73 Å². The lowest BCUT2D eigenvalue weighted by Crippen LogP contribution is -2.54. The van der Waals surface area contributed by atoms with Gasteiger partial charge in [-0.1, -0.05) is 30.3 Å². The molecule has 1 unspecified atom stereocenters. The number of amides is 2. The summed E-state index contributed by atoms with van der Waals surface area (Å²) < 4.78 is 5.29. The van der Waals surface area contributed by atoms with E-state index in [0.29, 0.717) is 0 Å². The predicted octanol–water partition coefficient (Wildman–Crippen LogP) is 1.22. The van der Waals surface area contributed by atoms with Gasteiger partial charge in [0.1, 0.15) is 12.1 Å². The van der Waals surface area contributed by atoms with Crippen LogP contribution in [0, 0.1) is 0 Å². The molecule has 1 aromatic rings. The van der Waals surface area contributed by atoms with Gasteiger partial charge in [0.2, 0.25) is 5.91 Å². The summed E-state index contributed by atoms with van der Waals surface area (Å²) in [5, 5.41) is 2.43. The maximum Gasteiger partial charge on any atom is 0.328 e. The summed E-state index contributed by atoms with van der Waals surface area (Å²) in [5.74, 6) is -1.28. The smallest absolute Gasteiger partial charge is 0.328 e. The van der Waals surface area contributed by atoms with Gasteiger partial charge in [-0.2, -0.15) is 0 Å². The van der Waals surface area contributed by atoms with Crippen molar-refractivity contribution in [3.05, 3.63) is 35.9 Å². The molecule has 25 heavy (non-hydrogen) atoms. The molecule has 2 amide bonds. The Morgan fingerprint density at radius 2 is 1.84 bits per heavy atom. The molecule has 1 saturated heterocycles. The van der Waals surface area contributed by atoms with Crippen molar-refractivity contribution in [2.45, 2.75) is 51.8 Å². The number of hydrogen-bond donors (Lipinski definition) is 1. The van der Waals surface area contributed by atoms with Crippen molar-refractivity contribution in [3.63, 3.8) is 0 Å². The Hall–Kier alpha value is -2.41. The van der Waals surface area contributed by atoms with Crippen LogP contribution in [-0.2, 0) is 25.7 Å². The third-order valence-corrected chi connectivity index (χ3v) is 3.69. The Bertz CT molecular complexity index is 639. The number of nitrogens with zero attached hydrogens (tertiary/aromatic N) is 2. The maximum absolute atomic E-state index is 12.6. The lowest BCUT2D eigenvalue weighted by atomic mass is 10.1. The molecule has 1 aliphatic rings. The number of esters is 1. The van der Waals surface area contributed by atoms with Crippen LogP contribution in [0.25, 0.3) is 0 Å². The highest BCUT2D eigenvalue weighted by molar-refractivity contribution is 5.90. The molecular weight excluding hydrogens is 322 g/mol. The summed E-state index contributed by atoms with van der Waals surface area (Å²) in [5.41, 5.74) is 6.04. The number of ether oxygens (including phenoxy) is 1. The largest absolute Gasteiger partial charge is 0.459 e. The van der Waals surface area contributed by atoms with Crippen LogP contribution in [0.2, 0.25) is 0 Å². The first-order valence-electron chi connectivity index (χ1n) is 8.30. The average Bonchev–Trinajstić information content (AvgIpc) is 2.61. The van der Waals surface area contributed by atoms with Gasteiger partial charge < -0.3 is 10.5 Å². The van der Waals surface area contributed by atoms with Crippen LogP contribution in [0.1, 0.15) is 39.2 Å². The molecule has 1 atom stereocenters. The molecule has 1 aromatic carbocycles. The zero-order chi connectivity index (χ0) is 18.6. The van der Waals surface area contributed by atoms with E-state index in [1.165, 1.54) is 5.01 Å². The van der Waals surface area contributed by atoms with E-state index in [1.54, 1.807) is 20.8 Å². The summed E-state index contributed by atoms with van der Waals surface area (Å²) in [7, 11) is 0.